The summed E-state index contributed by atoms with van der Waals surface area (Å²) < 4.78 is 35.0. The number of aromatic nitrogens is 3. The molecule has 1 fully saturated rings. The van der Waals surface area contributed by atoms with Gasteiger partial charge in [0.1, 0.15) is 17.2 Å². The summed E-state index contributed by atoms with van der Waals surface area (Å²) in [6.07, 6.45) is 3.63. The van der Waals surface area contributed by atoms with Crippen LogP contribution in [0.15, 0.2) is 73.1 Å². The fraction of sp³-hybridized carbons (Fsp3) is 0.172. The Kier molecular flexibility index (Phi) is 5.53. The third kappa shape index (κ3) is 4.10. The molecule has 6 rings (SSSR count). The van der Waals surface area contributed by atoms with Gasteiger partial charge < -0.3 is 24.9 Å². The van der Waals surface area contributed by atoms with E-state index in [1.165, 1.54) is 24.5 Å². The molecule has 3 atom stereocenters. The summed E-state index contributed by atoms with van der Waals surface area (Å²) in [7, 11) is 0. The molecule has 1 aliphatic carbocycles. The van der Waals surface area contributed by atoms with Gasteiger partial charge in [-0.25, -0.2) is 13.8 Å². The number of aliphatic carboxylic acids is 1. The summed E-state index contributed by atoms with van der Waals surface area (Å²) in [5, 5.41) is 20.9. The molecular weight excluding hydrogens is 492 g/mol. The van der Waals surface area contributed by atoms with Gasteiger partial charge in [-0.3, -0.25) is 4.79 Å². The molecule has 3 aromatic carbocycles. The Morgan fingerprint density at radius 2 is 1.95 bits per heavy atom. The topological polar surface area (TPSA) is 111 Å². The molecule has 3 unspecified atom stereocenters. The minimum absolute atomic E-state index is 0.0593. The number of aromatic amines is 2. The normalized spacial score (nSPS) is 18.3. The molecule has 1 saturated carbocycles. The molecule has 0 amide bonds. The zero-order valence-electron chi connectivity index (χ0n) is 20.2. The van der Waals surface area contributed by atoms with Gasteiger partial charge in [-0.15, -0.1) is 0 Å². The SMILES string of the molecule is CC(O)(c1cccc(C2CC2C(=O)O)c1)c1cnc(-c2cccc(Oc3c(F)cc4[nH]ccc4c3F)c2)[nH]1. The lowest BCUT2D eigenvalue weighted by atomic mass is 9.91. The Labute approximate surface area is 215 Å². The van der Waals surface area contributed by atoms with Crippen molar-refractivity contribution in [3.05, 3.63) is 102 Å². The van der Waals surface area contributed by atoms with Crippen molar-refractivity contribution in [1.29, 1.82) is 0 Å². The van der Waals surface area contributed by atoms with Crippen molar-refractivity contribution in [3.63, 3.8) is 0 Å². The number of ether oxygens (including phenoxy) is 1. The molecule has 1 aliphatic rings. The molecule has 4 N–H and O–H groups in total. The number of carbonyl (C=O) groups is 1. The summed E-state index contributed by atoms with van der Waals surface area (Å²) in [5.41, 5.74) is 1.39. The number of aliphatic hydroxyl groups is 1. The molecule has 0 radical (unpaired) electrons. The monoisotopic (exact) mass is 515 g/mol. The Bertz CT molecular complexity index is 1690. The zero-order valence-corrected chi connectivity index (χ0v) is 20.2. The van der Waals surface area contributed by atoms with Crippen LogP contribution in [-0.4, -0.2) is 31.1 Å². The van der Waals surface area contributed by atoms with Crippen LogP contribution in [-0.2, 0) is 10.4 Å². The second-order valence-electron chi connectivity index (χ2n) is 9.70. The van der Waals surface area contributed by atoms with E-state index in [1.807, 2.05) is 12.1 Å². The lowest BCUT2D eigenvalue weighted by Gasteiger charge is -2.23. The van der Waals surface area contributed by atoms with Crippen LogP contribution in [0.3, 0.4) is 0 Å². The van der Waals surface area contributed by atoms with Crippen LogP contribution < -0.4 is 4.74 Å². The fourth-order valence-corrected chi connectivity index (χ4v) is 4.81. The number of hydrogen-bond donors (Lipinski definition) is 4. The predicted molar refractivity (Wildman–Crippen MR) is 136 cm³/mol. The lowest BCUT2D eigenvalue weighted by molar-refractivity contribution is -0.138. The molecule has 0 bridgehead atoms. The van der Waals surface area contributed by atoms with Crippen molar-refractivity contribution >= 4 is 16.9 Å². The van der Waals surface area contributed by atoms with E-state index in [-0.39, 0.29) is 17.1 Å². The lowest BCUT2D eigenvalue weighted by Crippen LogP contribution is -2.23. The van der Waals surface area contributed by atoms with Gasteiger partial charge in [-0.05, 0) is 48.6 Å². The van der Waals surface area contributed by atoms with Crippen molar-refractivity contribution < 1.29 is 28.5 Å². The minimum atomic E-state index is -1.43. The highest BCUT2D eigenvalue weighted by atomic mass is 19.1. The maximum atomic E-state index is 14.9. The minimum Gasteiger partial charge on any atom is -0.481 e. The van der Waals surface area contributed by atoms with Gasteiger partial charge in [0.05, 0.1) is 23.3 Å². The number of hydrogen-bond acceptors (Lipinski definition) is 4. The van der Waals surface area contributed by atoms with Crippen LogP contribution in [0.2, 0.25) is 0 Å². The van der Waals surface area contributed by atoms with Crippen molar-refractivity contribution in [2.45, 2.75) is 24.9 Å². The summed E-state index contributed by atoms with van der Waals surface area (Å²) in [5.74, 6) is -2.76. The summed E-state index contributed by atoms with van der Waals surface area (Å²) in [6, 6.07) is 16.6. The van der Waals surface area contributed by atoms with Crippen LogP contribution in [0.1, 0.15) is 36.1 Å². The Morgan fingerprint density at radius 3 is 2.74 bits per heavy atom. The van der Waals surface area contributed by atoms with E-state index in [0.717, 1.165) is 5.56 Å². The van der Waals surface area contributed by atoms with Gasteiger partial charge in [0.25, 0.3) is 0 Å². The second-order valence-corrected chi connectivity index (χ2v) is 9.70. The van der Waals surface area contributed by atoms with E-state index in [9.17, 15) is 23.8 Å². The van der Waals surface area contributed by atoms with Gasteiger partial charge in [0.15, 0.2) is 17.4 Å². The van der Waals surface area contributed by atoms with Crippen molar-refractivity contribution in [2.75, 3.05) is 0 Å². The highest BCUT2D eigenvalue weighted by molar-refractivity contribution is 5.82. The molecule has 0 saturated heterocycles. The van der Waals surface area contributed by atoms with E-state index < -0.39 is 34.9 Å². The third-order valence-electron chi connectivity index (χ3n) is 7.11. The van der Waals surface area contributed by atoms with Crippen LogP contribution in [0.25, 0.3) is 22.3 Å². The average Bonchev–Trinajstić information content (AvgIpc) is 3.30. The van der Waals surface area contributed by atoms with Gasteiger partial charge >= 0.3 is 5.97 Å². The second kappa shape index (κ2) is 8.81. The number of H-pyrrole nitrogens is 2. The third-order valence-corrected chi connectivity index (χ3v) is 7.11. The van der Waals surface area contributed by atoms with Gasteiger partial charge in [-0.1, -0.05) is 36.4 Å². The van der Waals surface area contributed by atoms with Gasteiger partial charge in [0.2, 0.25) is 0 Å². The van der Waals surface area contributed by atoms with Crippen molar-refractivity contribution in [1.82, 2.24) is 15.0 Å². The summed E-state index contributed by atoms with van der Waals surface area (Å²) in [4.78, 5) is 21.6. The number of halogens is 2. The largest absolute Gasteiger partial charge is 0.481 e. The highest BCUT2D eigenvalue weighted by Crippen LogP contribution is 2.48. The highest BCUT2D eigenvalue weighted by Gasteiger charge is 2.44. The summed E-state index contributed by atoms with van der Waals surface area (Å²) in [6.45, 7) is 1.63. The first-order chi connectivity index (χ1) is 18.2. The molecular formula is C29H23F2N3O4. The maximum absolute atomic E-state index is 14.9. The molecule has 2 aromatic heterocycles. The standard InChI is InChI=1S/C29H23F2N3O4/c1-29(37,17-6-2-4-15(10-17)20-12-21(20)28(35)36)24-14-33-27(34-24)16-5-3-7-18(11-16)38-26-22(30)13-23-19(25(26)31)8-9-32-23/h2-11,13-14,20-21,32,37H,12H2,1H3,(H,33,34)(H,35,36). The Morgan fingerprint density at radius 1 is 1.13 bits per heavy atom. The van der Waals surface area contributed by atoms with E-state index >= 15 is 0 Å². The smallest absolute Gasteiger partial charge is 0.307 e. The van der Waals surface area contributed by atoms with E-state index in [1.54, 1.807) is 43.3 Å². The van der Waals surface area contributed by atoms with E-state index in [0.29, 0.717) is 34.6 Å². The predicted octanol–water partition coefficient (Wildman–Crippen LogP) is 6.07. The van der Waals surface area contributed by atoms with Crippen LogP contribution in [0.4, 0.5) is 8.78 Å². The van der Waals surface area contributed by atoms with E-state index in [2.05, 4.69) is 15.0 Å². The van der Waals surface area contributed by atoms with Crippen LogP contribution in [0.5, 0.6) is 11.5 Å². The maximum Gasteiger partial charge on any atom is 0.307 e. The molecule has 7 nitrogen and oxygen atoms in total. The molecule has 192 valence electrons. The Hall–Kier alpha value is -4.50. The van der Waals surface area contributed by atoms with Crippen LogP contribution >= 0.6 is 0 Å². The number of rotatable bonds is 7. The first-order valence-electron chi connectivity index (χ1n) is 12.1. The summed E-state index contributed by atoms with van der Waals surface area (Å²) >= 11 is 0. The molecule has 5 aromatic rings. The van der Waals surface area contributed by atoms with E-state index in [4.69, 9.17) is 4.74 Å². The number of benzene rings is 3. The quantitative estimate of drug-likeness (QED) is 0.210. The number of carboxylic acid groups (broad SMARTS) is 1. The molecule has 2 heterocycles. The Balaban J connectivity index is 1.26. The number of carboxylic acids is 1. The fourth-order valence-electron chi connectivity index (χ4n) is 4.81. The number of nitrogens with zero attached hydrogens (tertiary/aromatic N) is 1. The molecule has 38 heavy (non-hydrogen) atoms. The first kappa shape index (κ1) is 23.9. The van der Waals surface area contributed by atoms with Crippen molar-refractivity contribution in [2.24, 2.45) is 5.92 Å². The number of imidazole rings is 1. The number of nitrogens with one attached hydrogen (secondary N) is 2. The average molecular weight is 516 g/mol. The first-order valence-corrected chi connectivity index (χ1v) is 12.1. The molecule has 9 heteroatoms. The van der Waals surface area contributed by atoms with Gasteiger partial charge in [-0.2, -0.15) is 0 Å². The van der Waals surface area contributed by atoms with Gasteiger partial charge in [0, 0.05) is 23.2 Å². The molecule has 0 spiro atoms. The van der Waals surface area contributed by atoms with Crippen molar-refractivity contribution in [3.8, 4) is 22.9 Å². The van der Waals surface area contributed by atoms with Crippen LogP contribution in [0, 0.1) is 17.6 Å². The number of fused-ring (bicyclic) bond motifs is 1. The molecule has 0 aliphatic heterocycles. The zero-order chi connectivity index (χ0) is 26.6.